The summed E-state index contributed by atoms with van der Waals surface area (Å²) < 4.78 is 39.3. The number of ether oxygens (including phenoxy) is 1. The van der Waals surface area contributed by atoms with E-state index in [1.54, 1.807) is 18.2 Å². The van der Waals surface area contributed by atoms with Gasteiger partial charge in [0.2, 0.25) is 0 Å². The number of hydrogen-bond acceptors (Lipinski definition) is 2. The van der Waals surface area contributed by atoms with E-state index in [1.165, 1.54) is 12.1 Å². The molecule has 1 aromatic rings. The van der Waals surface area contributed by atoms with Gasteiger partial charge in [0.1, 0.15) is 12.5 Å². The second kappa shape index (κ2) is 6.01. The lowest BCUT2D eigenvalue weighted by atomic mass is 10.3. The highest BCUT2D eigenvalue weighted by Gasteiger charge is 2.28. The molecule has 0 saturated carbocycles. The van der Waals surface area contributed by atoms with Crippen molar-refractivity contribution in [3.8, 4) is 5.75 Å². The number of halogens is 3. The zero-order chi connectivity index (χ0) is 11.0. The van der Waals surface area contributed by atoms with Crippen LogP contribution in [-0.4, -0.2) is 19.6 Å². The Labute approximate surface area is 79.3 Å². The Morgan fingerprint density at radius 1 is 1.14 bits per heavy atom. The molecule has 78 valence electrons. The lowest BCUT2D eigenvalue weighted by Gasteiger charge is -2.07. The first-order valence-electron chi connectivity index (χ1n) is 3.61. The van der Waals surface area contributed by atoms with Gasteiger partial charge in [-0.05, 0) is 12.1 Å². The molecule has 0 fully saturated rings. The highest BCUT2D eigenvalue weighted by atomic mass is 19.4. The quantitative estimate of drug-likeness (QED) is 0.742. The summed E-state index contributed by atoms with van der Waals surface area (Å²) in [5, 5.41) is 0. The predicted molar refractivity (Wildman–Crippen MR) is 45.1 cm³/mol. The van der Waals surface area contributed by atoms with Crippen molar-refractivity contribution in [1.82, 2.24) is 0 Å². The van der Waals surface area contributed by atoms with Crippen LogP contribution in [0.5, 0.6) is 5.75 Å². The molecule has 0 N–H and O–H groups in total. The summed E-state index contributed by atoms with van der Waals surface area (Å²) in [4.78, 5) is 8.00. The Balaban J connectivity index is 0.000000791. The van der Waals surface area contributed by atoms with Gasteiger partial charge in [0.15, 0.2) is 6.61 Å². The average molecular weight is 206 g/mol. The molecule has 0 bridgehead atoms. The fourth-order valence-electron chi connectivity index (χ4n) is 0.682. The Morgan fingerprint density at radius 3 is 2.07 bits per heavy atom. The van der Waals surface area contributed by atoms with Crippen LogP contribution in [0.15, 0.2) is 30.3 Å². The molecular weight excluding hydrogens is 197 g/mol. The number of carbonyl (C=O) groups is 1. The van der Waals surface area contributed by atoms with E-state index < -0.39 is 12.8 Å². The fraction of sp³-hybridized carbons (Fsp3) is 0.222. The zero-order valence-electron chi connectivity index (χ0n) is 7.25. The van der Waals surface area contributed by atoms with E-state index in [0.29, 0.717) is 0 Å². The van der Waals surface area contributed by atoms with Gasteiger partial charge in [0.05, 0.1) is 0 Å². The van der Waals surface area contributed by atoms with Crippen molar-refractivity contribution in [3.63, 3.8) is 0 Å². The Kier molecular flexibility index (Phi) is 5.36. The van der Waals surface area contributed by atoms with Crippen molar-refractivity contribution in [2.45, 2.75) is 6.18 Å². The van der Waals surface area contributed by atoms with Crippen LogP contribution in [0.25, 0.3) is 0 Å². The summed E-state index contributed by atoms with van der Waals surface area (Å²) in [6.07, 6.45) is -4.27. The van der Waals surface area contributed by atoms with Crippen molar-refractivity contribution in [2.24, 2.45) is 0 Å². The van der Waals surface area contributed by atoms with Gasteiger partial charge in [-0.25, -0.2) is 0 Å². The third kappa shape index (κ3) is 6.05. The van der Waals surface area contributed by atoms with Gasteiger partial charge in [-0.15, -0.1) is 0 Å². The molecule has 0 heterocycles. The molecule has 2 nitrogen and oxygen atoms in total. The summed E-state index contributed by atoms with van der Waals surface area (Å²) in [7, 11) is 0. The fourth-order valence-corrected chi connectivity index (χ4v) is 0.682. The highest BCUT2D eigenvalue weighted by molar-refractivity contribution is 5.20. The molecule has 14 heavy (non-hydrogen) atoms. The summed E-state index contributed by atoms with van der Waals surface area (Å²) >= 11 is 0. The third-order valence-electron chi connectivity index (χ3n) is 1.15. The van der Waals surface area contributed by atoms with Crippen LogP contribution in [0.3, 0.4) is 0 Å². The summed E-state index contributed by atoms with van der Waals surface area (Å²) in [5.41, 5.74) is 0. The molecule has 0 unspecified atom stereocenters. The maximum absolute atomic E-state index is 11.6. The van der Waals surface area contributed by atoms with Gasteiger partial charge >= 0.3 is 6.18 Å². The Morgan fingerprint density at radius 2 is 1.64 bits per heavy atom. The Hall–Kier alpha value is -1.52. The number of rotatable bonds is 2. The topological polar surface area (TPSA) is 26.3 Å². The molecule has 1 rings (SSSR count). The Bertz CT molecular complexity index is 246. The minimum Gasteiger partial charge on any atom is -0.484 e. The highest BCUT2D eigenvalue weighted by Crippen LogP contribution is 2.17. The summed E-state index contributed by atoms with van der Waals surface area (Å²) in [6.45, 7) is 0.761. The second-order valence-corrected chi connectivity index (χ2v) is 2.22. The lowest BCUT2D eigenvalue weighted by Crippen LogP contribution is -2.19. The second-order valence-electron chi connectivity index (χ2n) is 2.22. The molecule has 0 radical (unpaired) electrons. The van der Waals surface area contributed by atoms with Crippen LogP contribution in [0.1, 0.15) is 0 Å². The van der Waals surface area contributed by atoms with Gasteiger partial charge in [0, 0.05) is 0 Å². The van der Waals surface area contributed by atoms with Crippen LogP contribution >= 0.6 is 0 Å². The monoisotopic (exact) mass is 206 g/mol. The predicted octanol–water partition coefficient (Wildman–Crippen LogP) is 2.44. The summed E-state index contributed by atoms with van der Waals surface area (Å²) in [5.74, 6) is 0.231. The van der Waals surface area contributed by atoms with E-state index in [-0.39, 0.29) is 5.75 Å². The number of hydrogen-bond donors (Lipinski definition) is 0. The van der Waals surface area contributed by atoms with Gasteiger partial charge in [0.25, 0.3) is 0 Å². The van der Waals surface area contributed by atoms with Crippen LogP contribution < -0.4 is 4.74 Å². The lowest BCUT2D eigenvalue weighted by molar-refractivity contribution is -0.153. The van der Waals surface area contributed by atoms with Crippen LogP contribution in [-0.2, 0) is 4.79 Å². The minimum absolute atomic E-state index is 0.231. The van der Waals surface area contributed by atoms with Gasteiger partial charge in [-0.2, -0.15) is 13.2 Å². The number of carbonyl (C=O) groups excluding carboxylic acids is 1. The van der Waals surface area contributed by atoms with Gasteiger partial charge in [-0.1, -0.05) is 18.2 Å². The van der Waals surface area contributed by atoms with E-state index in [0.717, 1.165) is 0 Å². The molecular formula is C9H9F3O2. The van der Waals surface area contributed by atoms with Crippen LogP contribution in [0, 0.1) is 0 Å². The summed E-state index contributed by atoms with van der Waals surface area (Å²) in [6, 6.07) is 7.90. The maximum Gasteiger partial charge on any atom is 0.422 e. The van der Waals surface area contributed by atoms with E-state index in [9.17, 15) is 13.2 Å². The molecule has 0 aliphatic rings. The molecule has 5 heteroatoms. The molecule has 0 atom stereocenters. The molecule has 0 aliphatic heterocycles. The van der Waals surface area contributed by atoms with Crippen molar-refractivity contribution in [2.75, 3.05) is 6.61 Å². The van der Waals surface area contributed by atoms with E-state index in [4.69, 9.17) is 4.79 Å². The minimum atomic E-state index is -4.27. The third-order valence-corrected chi connectivity index (χ3v) is 1.15. The molecule has 0 saturated heterocycles. The van der Waals surface area contributed by atoms with Gasteiger partial charge in [-0.3, -0.25) is 0 Å². The standard InChI is InChI=1S/C8H7F3O.CH2O/c9-8(10,11)6-12-7-4-2-1-3-5-7;1-2/h1-5H,6H2;1H2. The van der Waals surface area contributed by atoms with E-state index in [1.807, 2.05) is 6.79 Å². The number of benzene rings is 1. The molecule has 1 aromatic carbocycles. The van der Waals surface area contributed by atoms with Crippen LogP contribution in [0.2, 0.25) is 0 Å². The van der Waals surface area contributed by atoms with Crippen molar-refractivity contribution >= 4 is 6.79 Å². The maximum atomic E-state index is 11.6. The normalized spacial score (nSPS) is 9.93. The first-order chi connectivity index (χ1) is 6.58. The van der Waals surface area contributed by atoms with E-state index >= 15 is 0 Å². The largest absolute Gasteiger partial charge is 0.484 e. The van der Waals surface area contributed by atoms with Crippen molar-refractivity contribution < 1.29 is 22.7 Å². The zero-order valence-corrected chi connectivity index (χ0v) is 7.25. The van der Waals surface area contributed by atoms with Crippen molar-refractivity contribution in [3.05, 3.63) is 30.3 Å². The molecule has 0 aliphatic carbocycles. The average Bonchev–Trinajstić information content (AvgIpc) is 2.19. The first-order valence-corrected chi connectivity index (χ1v) is 3.61. The number of alkyl halides is 3. The SMILES string of the molecule is C=O.FC(F)(F)COc1ccccc1. The van der Waals surface area contributed by atoms with Crippen LogP contribution in [0.4, 0.5) is 13.2 Å². The molecule has 0 aromatic heterocycles. The smallest absolute Gasteiger partial charge is 0.422 e. The number of para-hydroxylation sites is 1. The molecule has 0 spiro atoms. The van der Waals surface area contributed by atoms with Gasteiger partial charge < -0.3 is 9.53 Å². The first kappa shape index (κ1) is 12.5. The molecule has 0 amide bonds. The van der Waals surface area contributed by atoms with E-state index in [2.05, 4.69) is 4.74 Å². The van der Waals surface area contributed by atoms with Crippen molar-refractivity contribution in [1.29, 1.82) is 0 Å².